The van der Waals surface area contributed by atoms with Crippen molar-refractivity contribution < 1.29 is 18.3 Å². The van der Waals surface area contributed by atoms with Gasteiger partial charge in [-0.05, 0) is 53.6 Å². The van der Waals surface area contributed by atoms with Gasteiger partial charge in [0.1, 0.15) is 17.4 Å². The van der Waals surface area contributed by atoms with E-state index in [1.807, 2.05) is 12.1 Å². The molecule has 2 nitrogen and oxygen atoms in total. The predicted octanol–water partition coefficient (Wildman–Crippen LogP) is 5.38. The summed E-state index contributed by atoms with van der Waals surface area (Å²) in [7, 11) is 1.57. The number of halogens is 2. The maximum atomic E-state index is 14.4. The first-order valence-corrected chi connectivity index (χ1v) is 8.25. The van der Waals surface area contributed by atoms with Crippen LogP contribution in [-0.4, -0.2) is 12.9 Å². The highest BCUT2D eigenvalue weighted by molar-refractivity contribution is 5.96. The Kier molecular flexibility index (Phi) is 5.42. The summed E-state index contributed by atoms with van der Waals surface area (Å²) in [5.74, 6) is -0.692. The van der Waals surface area contributed by atoms with Gasteiger partial charge in [-0.15, -0.1) is 0 Å². The Morgan fingerprint density at radius 2 is 1.58 bits per heavy atom. The summed E-state index contributed by atoms with van der Waals surface area (Å²) in [6.07, 6.45) is 0.0822. The molecule has 0 radical (unpaired) electrons. The van der Waals surface area contributed by atoms with Crippen molar-refractivity contribution >= 4 is 5.78 Å². The van der Waals surface area contributed by atoms with Crippen LogP contribution in [0, 0.1) is 11.6 Å². The van der Waals surface area contributed by atoms with E-state index in [1.54, 1.807) is 37.4 Å². The van der Waals surface area contributed by atoms with E-state index in [9.17, 15) is 13.6 Å². The Morgan fingerprint density at radius 1 is 0.923 bits per heavy atom. The van der Waals surface area contributed by atoms with Crippen LogP contribution >= 0.6 is 0 Å². The highest BCUT2D eigenvalue weighted by atomic mass is 19.1. The zero-order valence-corrected chi connectivity index (χ0v) is 14.3. The van der Waals surface area contributed by atoms with Gasteiger partial charge in [0, 0.05) is 17.9 Å². The van der Waals surface area contributed by atoms with Crippen LogP contribution in [0.1, 0.15) is 33.8 Å². The minimum Gasteiger partial charge on any atom is -0.497 e. The summed E-state index contributed by atoms with van der Waals surface area (Å²) in [6.45, 7) is 0. The van der Waals surface area contributed by atoms with E-state index in [0.29, 0.717) is 16.9 Å². The largest absolute Gasteiger partial charge is 0.497 e. The van der Waals surface area contributed by atoms with Gasteiger partial charge in [-0.1, -0.05) is 30.3 Å². The number of Topliss-reactive ketones (excluding diaryl/α,β-unsaturated/α-hetero) is 1. The standard InChI is InChI=1S/C22H18F2O2/c1-26-18-12-8-15(9-13-18)20(19-4-2-3-5-21(19)24)14-22(25)16-6-10-17(23)11-7-16/h2-13,20H,14H2,1H3. The van der Waals surface area contributed by atoms with Crippen LogP contribution in [0.3, 0.4) is 0 Å². The summed E-state index contributed by atoms with van der Waals surface area (Å²) in [5, 5.41) is 0. The third kappa shape index (κ3) is 3.97. The average Bonchev–Trinajstić information content (AvgIpc) is 2.67. The van der Waals surface area contributed by atoms with E-state index >= 15 is 0 Å². The second kappa shape index (κ2) is 7.91. The Bertz CT molecular complexity index is 887. The van der Waals surface area contributed by atoms with E-state index in [-0.39, 0.29) is 18.0 Å². The molecule has 4 heteroatoms. The number of rotatable bonds is 6. The average molecular weight is 352 g/mol. The highest BCUT2D eigenvalue weighted by Gasteiger charge is 2.22. The van der Waals surface area contributed by atoms with Crippen molar-refractivity contribution in [1.82, 2.24) is 0 Å². The number of hydrogen-bond acceptors (Lipinski definition) is 2. The van der Waals surface area contributed by atoms with E-state index in [4.69, 9.17) is 4.74 Å². The lowest BCUT2D eigenvalue weighted by atomic mass is 9.85. The molecule has 0 aliphatic heterocycles. The van der Waals surface area contributed by atoms with Crippen LogP contribution in [0.2, 0.25) is 0 Å². The minimum atomic E-state index is -0.445. The molecule has 0 fully saturated rings. The Morgan fingerprint density at radius 3 is 2.19 bits per heavy atom. The molecular formula is C22H18F2O2. The first-order valence-electron chi connectivity index (χ1n) is 8.25. The lowest BCUT2D eigenvalue weighted by Gasteiger charge is -2.18. The molecule has 0 bridgehead atoms. The zero-order chi connectivity index (χ0) is 18.5. The summed E-state index contributed by atoms with van der Waals surface area (Å²) < 4.78 is 32.6. The van der Waals surface area contributed by atoms with E-state index in [1.165, 1.54) is 30.3 Å². The lowest BCUT2D eigenvalue weighted by molar-refractivity contribution is 0.0977. The second-order valence-corrected chi connectivity index (χ2v) is 5.98. The molecule has 3 aromatic rings. The molecule has 26 heavy (non-hydrogen) atoms. The van der Waals surface area contributed by atoms with Gasteiger partial charge in [-0.2, -0.15) is 0 Å². The third-order valence-electron chi connectivity index (χ3n) is 4.35. The van der Waals surface area contributed by atoms with Crippen LogP contribution in [-0.2, 0) is 0 Å². The van der Waals surface area contributed by atoms with Crippen LogP contribution in [0.15, 0.2) is 72.8 Å². The summed E-state index contributed by atoms with van der Waals surface area (Å²) >= 11 is 0. The number of methoxy groups -OCH3 is 1. The Labute approximate surface area is 151 Å². The van der Waals surface area contributed by atoms with Crippen LogP contribution in [0.25, 0.3) is 0 Å². The smallest absolute Gasteiger partial charge is 0.163 e. The van der Waals surface area contributed by atoms with Crippen LogP contribution in [0.4, 0.5) is 8.78 Å². The number of ether oxygens (including phenoxy) is 1. The van der Waals surface area contributed by atoms with Gasteiger partial charge in [0.15, 0.2) is 5.78 Å². The molecule has 3 aromatic carbocycles. The van der Waals surface area contributed by atoms with Gasteiger partial charge in [0.05, 0.1) is 7.11 Å². The topological polar surface area (TPSA) is 26.3 Å². The van der Waals surface area contributed by atoms with Gasteiger partial charge >= 0.3 is 0 Å². The molecule has 0 saturated carbocycles. The first-order chi connectivity index (χ1) is 12.6. The molecule has 0 heterocycles. The molecule has 0 N–H and O–H groups in total. The van der Waals surface area contributed by atoms with Crippen molar-refractivity contribution in [2.45, 2.75) is 12.3 Å². The third-order valence-corrected chi connectivity index (χ3v) is 4.35. The number of carbonyl (C=O) groups excluding carboxylic acids is 1. The molecular weight excluding hydrogens is 334 g/mol. The van der Waals surface area contributed by atoms with Gasteiger partial charge in [0.2, 0.25) is 0 Å². The van der Waals surface area contributed by atoms with Gasteiger partial charge in [0.25, 0.3) is 0 Å². The fourth-order valence-electron chi connectivity index (χ4n) is 2.94. The van der Waals surface area contributed by atoms with Crippen molar-refractivity contribution in [2.24, 2.45) is 0 Å². The lowest BCUT2D eigenvalue weighted by Crippen LogP contribution is -2.11. The van der Waals surface area contributed by atoms with Crippen molar-refractivity contribution in [3.05, 3.63) is 101 Å². The molecule has 0 aliphatic rings. The molecule has 0 aliphatic carbocycles. The SMILES string of the molecule is COc1ccc(C(CC(=O)c2ccc(F)cc2)c2ccccc2F)cc1. The Balaban J connectivity index is 1.96. The maximum absolute atomic E-state index is 14.4. The van der Waals surface area contributed by atoms with Crippen LogP contribution < -0.4 is 4.74 Å². The highest BCUT2D eigenvalue weighted by Crippen LogP contribution is 2.32. The minimum absolute atomic E-state index is 0.0822. The maximum Gasteiger partial charge on any atom is 0.163 e. The summed E-state index contributed by atoms with van der Waals surface area (Å²) in [6, 6.07) is 19.0. The van der Waals surface area contributed by atoms with Gasteiger partial charge < -0.3 is 4.74 Å². The molecule has 0 saturated heterocycles. The van der Waals surface area contributed by atoms with Crippen molar-refractivity contribution in [1.29, 1.82) is 0 Å². The molecule has 1 unspecified atom stereocenters. The second-order valence-electron chi connectivity index (χ2n) is 5.98. The first kappa shape index (κ1) is 17.8. The fraction of sp³-hybridized carbons (Fsp3) is 0.136. The molecule has 132 valence electrons. The number of ketones is 1. The zero-order valence-electron chi connectivity index (χ0n) is 14.3. The molecule has 0 spiro atoms. The quantitative estimate of drug-likeness (QED) is 0.557. The molecule has 3 rings (SSSR count). The van der Waals surface area contributed by atoms with E-state index in [0.717, 1.165) is 5.56 Å². The molecule has 1 atom stereocenters. The summed E-state index contributed by atoms with van der Waals surface area (Å²) in [5.41, 5.74) is 1.67. The van der Waals surface area contributed by atoms with E-state index in [2.05, 4.69) is 0 Å². The van der Waals surface area contributed by atoms with Gasteiger partial charge in [-0.3, -0.25) is 4.79 Å². The van der Waals surface area contributed by atoms with E-state index < -0.39 is 11.7 Å². The van der Waals surface area contributed by atoms with Crippen molar-refractivity contribution in [3.63, 3.8) is 0 Å². The Hall–Kier alpha value is -3.01. The molecule has 0 amide bonds. The van der Waals surface area contributed by atoms with Crippen molar-refractivity contribution in [2.75, 3.05) is 7.11 Å². The summed E-state index contributed by atoms with van der Waals surface area (Å²) in [4.78, 5) is 12.7. The monoisotopic (exact) mass is 352 g/mol. The van der Waals surface area contributed by atoms with Crippen LogP contribution in [0.5, 0.6) is 5.75 Å². The number of hydrogen-bond donors (Lipinski definition) is 0. The van der Waals surface area contributed by atoms with Gasteiger partial charge in [-0.25, -0.2) is 8.78 Å². The predicted molar refractivity (Wildman–Crippen MR) is 96.6 cm³/mol. The number of carbonyl (C=O) groups is 1. The van der Waals surface area contributed by atoms with Crippen molar-refractivity contribution in [3.8, 4) is 5.75 Å². The number of benzene rings is 3. The molecule has 0 aromatic heterocycles. The normalized spacial score (nSPS) is 11.8. The fourth-order valence-corrected chi connectivity index (χ4v) is 2.94.